The van der Waals surface area contributed by atoms with Crippen molar-refractivity contribution in [3.8, 4) is 5.75 Å². The summed E-state index contributed by atoms with van der Waals surface area (Å²) >= 11 is 0. The van der Waals surface area contributed by atoms with Crippen LogP contribution in [0.2, 0.25) is 0 Å². The number of likely N-dealkylation sites (N-methyl/N-ethyl adjacent to an activating group) is 2. The zero-order valence-electron chi connectivity index (χ0n) is 17.7. The van der Waals surface area contributed by atoms with Crippen LogP contribution in [0.5, 0.6) is 5.75 Å². The molecule has 1 amide bonds. The Labute approximate surface area is 178 Å². The molecular formula is C21H24F3N5O2. The lowest BCUT2D eigenvalue weighted by atomic mass is 9.82. The summed E-state index contributed by atoms with van der Waals surface area (Å²) in [6, 6.07) is 1.39. The van der Waals surface area contributed by atoms with Crippen molar-refractivity contribution in [2.24, 2.45) is 5.92 Å². The molecule has 1 aromatic carbocycles. The van der Waals surface area contributed by atoms with Gasteiger partial charge in [0.2, 0.25) is 11.9 Å². The van der Waals surface area contributed by atoms with Crippen molar-refractivity contribution in [3.05, 3.63) is 35.3 Å². The fourth-order valence-electron chi connectivity index (χ4n) is 3.97. The SMILES string of the molecule is Cc1nc(NCC2CC(Oc3cc(F)c(F)c(F)c3)C2)nc2c1N(C)C(=O)[C@H](C)N2C. The second-order valence-electron chi connectivity index (χ2n) is 8.15. The summed E-state index contributed by atoms with van der Waals surface area (Å²) in [5.74, 6) is -2.61. The average Bonchev–Trinajstić information content (AvgIpc) is 2.69. The minimum absolute atomic E-state index is 0.0103. The number of nitrogens with zero attached hydrogens (tertiary/aromatic N) is 4. The molecule has 1 saturated carbocycles. The summed E-state index contributed by atoms with van der Waals surface area (Å²) in [5, 5.41) is 3.23. The van der Waals surface area contributed by atoms with Gasteiger partial charge in [-0.3, -0.25) is 4.79 Å². The molecule has 1 aliphatic heterocycles. The second-order valence-corrected chi connectivity index (χ2v) is 8.15. The molecule has 31 heavy (non-hydrogen) atoms. The van der Waals surface area contributed by atoms with Crippen molar-refractivity contribution in [3.63, 3.8) is 0 Å². The van der Waals surface area contributed by atoms with Crippen LogP contribution in [-0.4, -0.2) is 48.7 Å². The maximum absolute atomic E-state index is 13.3. The number of amides is 1. The zero-order valence-corrected chi connectivity index (χ0v) is 17.7. The molecule has 0 radical (unpaired) electrons. The molecule has 1 aromatic heterocycles. The Morgan fingerprint density at radius 2 is 1.81 bits per heavy atom. The zero-order chi connectivity index (χ0) is 22.4. The molecule has 1 N–H and O–H groups in total. The van der Waals surface area contributed by atoms with Crippen LogP contribution < -0.4 is 19.9 Å². The Bertz CT molecular complexity index is 1010. The van der Waals surface area contributed by atoms with Crippen LogP contribution in [0.25, 0.3) is 0 Å². The van der Waals surface area contributed by atoms with Crippen molar-refractivity contribution in [2.45, 2.75) is 38.8 Å². The van der Waals surface area contributed by atoms with Gasteiger partial charge in [-0.2, -0.15) is 4.98 Å². The maximum atomic E-state index is 13.3. The van der Waals surface area contributed by atoms with Crippen molar-refractivity contribution < 1.29 is 22.7 Å². The van der Waals surface area contributed by atoms with E-state index >= 15 is 0 Å². The molecule has 2 heterocycles. The fraction of sp³-hybridized carbons (Fsp3) is 0.476. The quantitative estimate of drug-likeness (QED) is 0.727. The number of ether oxygens (including phenoxy) is 1. The molecule has 1 atom stereocenters. The number of aromatic nitrogens is 2. The third-order valence-corrected chi connectivity index (χ3v) is 5.98. The van der Waals surface area contributed by atoms with Gasteiger partial charge in [0, 0.05) is 32.8 Å². The molecule has 10 heteroatoms. The summed E-state index contributed by atoms with van der Waals surface area (Å²) in [7, 11) is 3.56. The van der Waals surface area contributed by atoms with Crippen molar-refractivity contribution in [2.75, 3.05) is 35.8 Å². The van der Waals surface area contributed by atoms with Crippen LogP contribution in [-0.2, 0) is 4.79 Å². The summed E-state index contributed by atoms with van der Waals surface area (Å²) in [6.07, 6.45) is 1.19. The number of carbonyl (C=O) groups excluding carboxylic acids is 1. The number of hydrogen-bond donors (Lipinski definition) is 1. The van der Waals surface area contributed by atoms with Gasteiger partial charge in [0.25, 0.3) is 0 Å². The van der Waals surface area contributed by atoms with Crippen LogP contribution in [0.3, 0.4) is 0 Å². The molecule has 0 spiro atoms. The Kier molecular flexibility index (Phi) is 5.40. The third kappa shape index (κ3) is 3.86. The molecule has 2 aliphatic rings. The molecule has 4 rings (SSSR count). The number of halogens is 3. The molecule has 7 nitrogen and oxygen atoms in total. The Hall–Kier alpha value is -3.04. The van der Waals surface area contributed by atoms with E-state index in [1.807, 2.05) is 25.8 Å². The van der Waals surface area contributed by atoms with E-state index in [-0.39, 0.29) is 29.7 Å². The molecule has 1 aliphatic carbocycles. The second kappa shape index (κ2) is 7.90. The molecule has 0 unspecified atom stereocenters. The summed E-state index contributed by atoms with van der Waals surface area (Å²) in [6.45, 7) is 4.28. The number of carbonyl (C=O) groups is 1. The van der Waals surface area contributed by atoms with Gasteiger partial charge in [0.1, 0.15) is 17.5 Å². The van der Waals surface area contributed by atoms with Gasteiger partial charge < -0.3 is 19.9 Å². The van der Waals surface area contributed by atoms with Gasteiger partial charge in [0.15, 0.2) is 23.3 Å². The molecule has 0 saturated heterocycles. The number of rotatable bonds is 5. The van der Waals surface area contributed by atoms with E-state index in [2.05, 4.69) is 15.3 Å². The van der Waals surface area contributed by atoms with E-state index in [0.29, 0.717) is 42.5 Å². The highest BCUT2D eigenvalue weighted by Crippen LogP contribution is 2.36. The smallest absolute Gasteiger partial charge is 0.249 e. The minimum Gasteiger partial charge on any atom is -0.490 e. The molecule has 166 valence electrons. The standard InChI is InChI=1S/C21H24F3N5O2/c1-10-18-19(28(3)11(2)20(30)29(18)4)27-21(26-10)25-9-12-5-13(6-12)31-14-7-15(22)17(24)16(23)8-14/h7-8,11-13H,5-6,9H2,1-4H3,(H,25,26,27)/t11-,12?,13?/m0/s1. The first kappa shape index (κ1) is 21.2. The van der Waals surface area contributed by atoms with Gasteiger partial charge in [0.05, 0.1) is 11.8 Å². The lowest BCUT2D eigenvalue weighted by molar-refractivity contribution is -0.119. The first-order valence-corrected chi connectivity index (χ1v) is 10.1. The predicted molar refractivity (Wildman–Crippen MR) is 110 cm³/mol. The van der Waals surface area contributed by atoms with Gasteiger partial charge >= 0.3 is 0 Å². The molecule has 2 aromatic rings. The molecule has 1 fully saturated rings. The van der Waals surface area contributed by atoms with Crippen molar-refractivity contribution >= 4 is 23.4 Å². The van der Waals surface area contributed by atoms with E-state index < -0.39 is 17.5 Å². The largest absolute Gasteiger partial charge is 0.490 e. The van der Waals surface area contributed by atoms with Gasteiger partial charge in [-0.15, -0.1) is 0 Å². The highest BCUT2D eigenvalue weighted by molar-refractivity contribution is 6.04. The van der Waals surface area contributed by atoms with E-state index in [0.717, 1.165) is 12.1 Å². The maximum Gasteiger partial charge on any atom is 0.249 e. The van der Waals surface area contributed by atoms with E-state index in [4.69, 9.17) is 4.74 Å². The van der Waals surface area contributed by atoms with Crippen LogP contribution >= 0.6 is 0 Å². The molecule has 0 bridgehead atoms. The van der Waals surface area contributed by atoms with Gasteiger partial charge in [-0.05, 0) is 32.6 Å². The van der Waals surface area contributed by atoms with Crippen molar-refractivity contribution in [1.29, 1.82) is 0 Å². The highest BCUT2D eigenvalue weighted by Gasteiger charge is 2.35. The predicted octanol–water partition coefficient (Wildman–Crippen LogP) is 3.27. The van der Waals surface area contributed by atoms with E-state index in [1.54, 1.807) is 11.9 Å². The number of benzene rings is 1. The first-order valence-electron chi connectivity index (χ1n) is 10.1. The lowest BCUT2D eigenvalue weighted by Gasteiger charge is -2.38. The van der Waals surface area contributed by atoms with Crippen LogP contribution in [0.1, 0.15) is 25.5 Å². The average molecular weight is 435 g/mol. The van der Waals surface area contributed by atoms with E-state index in [1.165, 1.54) is 0 Å². The minimum atomic E-state index is -1.50. The monoisotopic (exact) mass is 435 g/mol. The molecular weight excluding hydrogens is 411 g/mol. The highest BCUT2D eigenvalue weighted by atomic mass is 19.2. The Morgan fingerprint density at radius 1 is 1.16 bits per heavy atom. The fourth-order valence-corrected chi connectivity index (χ4v) is 3.97. The number of anilines is 3. The van der Waals surface area contributed by atoms with Crippen LogP contribution in [0.4, 0.5) is 30.6 Å². The summed E-state index contributed by atoms with van der Waals surface area (Å²) in [5.41, 5.74) is 1.41. The topological polar surface area (TPSA) is 70.6 Å². The van der Waals surface area contributed by atoms with E-state index in [9.17, 15) is 18.0 Å². The van der Waals surface area contributed by atoms with Crippen molar-refractivity contribution in [1.82, 2.24) is 9.97 Å². The Morgan fingerprint density at radius 3 is 2.45 bits per heavy atom. The summed E-state index contributed by atoms with van der Waals surface area (Å²) in [4.78, 5) is 24.9. The normalized spacial score (nSPS) is 22.8. The van der Waals surface area contributed by atoms with Gasteiger partial charge in [-0.25, -0.2) is 18.2 Å². The lowest BCUT2D eigenvalue weighted by Crippen LogP contribution is -2.50. The Balaban J connectivity index is 1.35. The first-order chi connectivity index (χ1) is 14.7. The number of aryl methyl sites for hydroxylation is 1. The summed E-state index contributed by atoms with van der Waals surface area (Å²) < 4.78 is 45.2. The number of nitrogens with one attached hydrogen (secondary N) is 1. The number of hydrogen-bond acceptors (Lipinski definition) is 6. The third-order valence-electron chi connectivity index (χ3n) is 5.98. The van der Waals surface area contributed by atoms with Crippen LogP contribution in [0.15, 0.2) is 12.1 Å². The van der Waals surface area contributed by atoms with Crippen LogP contribution in [0, 0.1) is 30.3 Å². The van der Waals surface area contributed by atoms with Gasteiger partial charge in [-0.1, -0.05) is 0 Å². The number of fused-ring (bicyclic) bond motifs is 1.